The normalized spacial score (nSPS) is 13.7. The molecule has 1 aliphatic carbocycles. The summed E-state index contributed by atoms with van der Waals surface area (Å²) in [6.07, 6.45) is 4.06. The van der Waals surface area contributed by atoms with Crippen LogP contribution >= 0.6 is 34.7 Å². The van der Waals surface area contributed by atoms with Crippen LogP contribution < -0.4 is 10.9 Å². The SMILES string of the molecule is CC[C@H](C)c1ccc(NC(=O)CSc2nc3sc4c(c3c(=O)n2-c2ccc(Cl)cc2)CCC4)cc1. The summed E-state index contributed by atoms with van der Waals surface area (Å²) in [5, 5.41) is 4.78. The minimum Gasteiger partial charge on any atom is -0.325 e. The molecule has 0 spiro atoms. The van der Waals surface area contributed by atoms with E-state index in [1.165, 1.54) is 22.2 Å². The zero-order valence-corrected chi connectivity index (χ0v) is 22.0. The maximum absolute atomic E-state index is 13.7. The number of halogens is 1. The molecule has 1 amide bonds. The number of aryl methyl sites for hydroxylation is 2. The second-order valence-corrected chi connectivity index (χ2v) is 11.3. The van der Waals surface area contributed by atoms with Gasteiger partial charge in [0.1, 0.15) is 4.83 Å². The summed E-state index contributed by atoms with van der Waals surface area (Å²) in [6.45, 7) is 4.35. The Hall–Kier alpha value is -2.61. The molecular formula is C27H26ClN3O2S2. The van der Waals surface area contributed by atoms with Crippen LogP contribution in [0.1, 0.15) is 48.6 Å². The summed E-state index contributed by atoms with van der Waals surface area (Å²) in [6, 6.07) is 15.1. The third kappa shape index (κ3) is 4.90. The third-order valence-electron chi connectivity index (χ3n) is 6.50. The molecule has 2 heterocycles. The van der Waals surface area contributed by atoms with Gasteiger partial charge in [0.15, 0.2) is 5.16 Å². The number of benzene rings is 2. The Morgan fingerprint density at radius 3 is 2.63 bits per heavy atom. The van der Waals surface area contributed by atoms with Gasteiger partial charge in [-0.25, -0.2) is 4.98 Å². The van der Waals surface area contributed by atoms with Crippen molar-refractivity contribution in [3.8, 4) is 5.69 Å². The fourth-order valence-electron chi connectivity index (χ4n) is 4.40. The summed E-state index contributed by atoms with van der Waals surface area (Å²) < 4.78 is 1.61. The molecule has 1 aliphatic rings. The minimum atomic E-state index is -0.142. The first-order chi connectivity index (χ1) is 16.9. The van der Waals surface area contributed by atoms with Crippen LogP contribution in [-0.2, 0) is 17.6 Å². The Bertz CT molecular complexity index is 1440. The van der Waals surface area contributed by atoms with Crippen LogP contribution in [0.3, 0.4) is 0 Å². The van der Waals surface area contributed by atoms with Gasteiger partial charge in [0, 0.05) is 15.6 Å². The van der Waals surface area contributed by atoms with Crippen molar-refractivity contribution in [2.24, 2.45) is 0 Å². The van der Waals surface area contributed by atoms with E-state index in [0.717, 1.165) is 41.8 Å². The van der Waals surface area contributed by atoms with Crippen LogP contribution in [0.2, 0.25) is 5.02 Å². The number of anilines is 1. The molecule has 0 saturated carbocycles. The van der Waals surface area contributed by atoms with E-state index in [9.17, 15) is 9.59 Å². The number of nitrogens with zero attached hydrogens (tertiary/aromatic N) is 2. The highest BCUT2D eigenvalue weighted by Crippen LogP contribution is 2.36. The lowest BCUT2D eigenvalue weighted by molar-refractivity contribution is -0.113. The van der Waals surface area contributed by atoms with Crippen molar-refractivity contribution >= 4 is 56.5 Å². The standard InChI is InChI=1S/C27H26ClN3O2S2/c1-3-16(2)17-7-11-19(12-8-17)29-23(32)15-34-27-30-25-24(21-5-4-6-22(21)35-25)26(33)31(27)20-13-9-18(28)10-14-20/h7-14,16H,3-6,15H2,1-2H3,(H,29,32)/t16-/m0/s1. The Balaban J connectivity index is 1.42. The Morgan fingerprint density at radius 1 is 1.17 bits per heavy atom. The molecule has 0 radical (unpaired) electrons. The summed E-state index contributed by atoms with van der Waals surface area (Å²) in [5.74, 6) is 0.487. The third-order valence-corrected chi connectivity index (χ3v) is 8.88. The molecule has 8 heteroatoms. The van der Waals surface area contributed by atoms with E-state index in [0.29, 0.717) is 27.2 Å². The number of hydrogen-bond acceptors (Lipinski definition) is 5. The first-order valence-electron chi connectivity index (χ1n) is 11.8. The lowest BCUT2D eigenvalue weighted by Gasteiger charge is -2.13. The Labute approximate surface area is 217 Å². The second kappa shape index (κ2) is 10.2. The van der Waals surface area contributed by atoms with Crippen molar-refractivity contribution in [3.05, 3.63) is 79.9 Å². The van der Waals surface area contributed by atoms with Crippen molar-refractivity contribution < 1.29 is 4.79 Å². The summed E-state index contributed by atoms with van der Waals surface area (Å²) in [4.78, 5) is 33.3. The number of aromatic nitrogens is 2. The summed E-state index contributed by atoms with van der Waals surface area (Å²) >= 11 is 8.96. The number of rotatable bonds is 7. The molecule has 1 N–H and O–H groups in total. The molecule has 0 aliphatic heterocycles. The van der Waals surface area contributed by atoms with Gasteiger partial charge in [-0.15, -0.1) is 11.3 Å². The van der Waals surface area contributed by atoms with E-state index in [4.69, 9.17) is 16.6 Å². The number of amides is 1. The molecule has 1 atom stereocenters. The molecule has 0 saturated heterocycles. The second-order valence-electron chi connectivity index (χ2n) is 8.82. The smallest absolute Gasteiger partial charge is 0.267 e. The van der Waals surface area contributed by atoms with Crippen molar-refractivity contribution in [2.45, 2.75) is 50.6 Å². The molecule has 0 bridgehead atoms. The van der Waals surface area contributed by atoms with Crippen molar-refractivity contribution in [1.82, 2.24) is 9.55 Å². The van der Waals surface area contributed by atoms with Gasteiger partial charge in [0.05, 0.1) is 16.8 Å². The van der Waals surface area contributed by atoms with Crippen molar-refractivity contribution in [3.63, 3.8) is 0 Å². The van der Waals surface area contributed by atoms with Crippen LogP contribution in [-0.4, -0.2) is 21.2 Å². The topological polar surface area (TPSA) is 64.0 Å². The zero-order valence-electron chi connectivity index (χ0n) is 19.6. The van der Waals surface area contributed by atoms with Gasteiger partial charge in [-0.1, -0.05) is 49.3 Å². The van der Waals surface area contributed by atoms with E-state index in [-0.39, 0.29) is 17.2 Å². The average Bonchev–Trinajstić information content (AvgIpc) is 3.45. The molecule has 5 rings (SSSR count). The highest BCUT2D eigenvalue weighted by atomic mass is 35.5. The predicted octanol–water partition coefficient (Wildman–Crippen LogP) is 6.83. The maximum atomic E-state index is 13.7. The average molecular weight is 524 g/mol. The molecule has 2 aromatic heterocycles. The largest absolute Gasteiger partial charge is 0.325 e. The first kappa shape index (κ1) is 24.1. The number of carbonyl (C=O) groups excluding carboxylic acids is 1. The van der Waals surface area contributed by atoms with E-state index in [1.807, 2.05) is 24.3 Å². The molecule has 4 aromatic rings. The van der Waals surface area contributed by atoms with Gasteiger partial charge >= 0.3 is 0 Å². The Kier molecular flexibility index (Phi) is 7.00. The molecule has 0 fully saturated rings. The highest BCUT2D eigenvalue weighted by molar-refractivity contribution is 7.99. The summed E-state index contributed by atoms with van der Waals surface area (Å²) in [7, 11) is 0. The van der Waals surface area contributed by atoms with Crippen molar-refractivity contribution in [1.29, 1.82) is 0 Å². The lowest BCUT2D eigenvalue weighted by Crippen LogP contribution is -2.23. The fourth-order valence-corrected chi connectivity index (χ4v) is 6.64. The van der Waals surface area contributed by atoms with Gasteiger partial charge < -0.3 is 5.32 Å². The van der Waals surface area contributed by atoms with Gasteiger partial charge in [0.2, 0.25) is 5.91 Å². The first-order valence-corrected chi connectivity index (χ1v) is 14.0. The van der Waals surface area contributed by atoms with Gasteiger partial charge in [-0.05, 0) is 79.1 Å². The van der Waals surface area contributed by atoms with Gasteiger partial charge in [-0.2, -0.15) is 0 Å². The van der Waals surface area contributed by atoms with Crippen LogP contribution in [0.4, 0.5) is 5.69 Å². The molecule has 35 heavy (non-hydrogen) atoms. The zero-order chi connectivity index (χ0) is 24.5. The van der Waals surface area contributed by atoms with Crippen LogP contribution in [0.25, 0.3) is 15.9 Å². The number of thioether (sulfide) groups is 1. The number of carbonyl (C=O) groups is 1. The quantitative estimate of drug-likeness (QED) is 0.213. The minimum absolute atomic E-state index is 0.0831. The van der Waals surface area contributed by atoms with Gasteiger partial charge in [-0.3, -0.25) is 14.2 Å². The molecule has 5 nitrogen and oxygen atoms in total. The highest BCUT2D eigenvalue weighted by Gasteiger charge is 2.24. The van der Waals surface area contributed by atoms with E-state index < -0.39 is 0 Å². The lowest BCUT2D eigenvalue weighted by atomic mass is 9.99. The fraction of sp³-hybridized carbons (Fsp3) is 0.296. The predicted molar refractivity (Wildman–Crippen MR) is 147 cm³/mol. The molecule has 0 unspecified atom stereocenters. The molecular weight excluding hydrogens is 498 g/mol. The van der Waals surface area contributed by atoms with E-state index in [2.05, 4.69) is 31.3 Å². The van der Waals surface area contributed by atoms with Crippen LogP contribution in [0.5, 0.6) is 0 Å². The van der Waals surface area contributed by atoms with Crippen LogP contribution in [0.15, 0.2) is 58.5 Å². The molecule has 180 valence electrons. The number of hydrogen-bond donors (Lipinski definition) is 1. The summed E-state index contributed by atoms with van der Waals surface area (Å²) in [5.41, 5.74) is 3.76. The number of nitrogens with one attached hydrogen (secondary N) is 1. The van der Waals surface area contributed by atoms with E-state index in [1.54, 1.807) is 28.0 Å². The van der Waals surface area contributed by atoms with Crippen molar-refractivity contribution in [2.75, 3.05) is 11.1 Å². The number of thiophene rings is 1. The monoisotopic (exact) mass is 523 g/mol. The van der Waals surface area contributed by atoms with Crippen LogP contribution in [0, 0.1) is 0 Å². The van der Waals surface area contributed by atoms with E-state index >= 15 is 0 Å². The molecule has 2 aromatic carbocycles. The van der Waals surface area contributed by atoms with Gasteiger partial charge in [0.25, 0.3) is 5.56 Å². The number of fused-ring (bicyclic) bond motifs is 3. The maximum Gasteiger partial charge on any atom is 0.267 e. The Morgan fingerprint density at radius 2 is 1.91 bits per heavy atom.